The Balaban J connectivity index is 0.00000650. The number of carbonyl (C=O) groups excluding carboxylic acids is 2. The minimum atomic E-state index is -3.05. The van der Waals surface area contributed by atoms with E-state index >= 15 is 0 Å². The number of carbonyl (C=O) groups is 2. The van der Waals surface area contributed by atoms with E-state index in [0.29, 0.717) is 18.8 Å². The van der Waals surface area contributed by atoms with E-state index in [9.17, 15) is 19.7 Å². The van der Waals surface area contributed by atoms with Crippen molar-refractivity contribution in [2.45, 2.75) is 51.6 Å². The van der Waals surface area contributed by atoms with E-state index in [0.717, 1.165) is 6.42 Å². The van der Waals surface area contributed by atoms with Gasteiger partial charge in [-0.15, -0.1) is 12.4 Å². The minimum Gasteiger partial charge on any atom is -0.466 e. The van der Waals surface area contributed by atoms with Crippen molar-refractivity contribution in [1.29, 1.82) is 0 Å². The molecule has 0 aliphatic carbocycles. The summed E-state index contributed by atoms with van der Waals surface area (Å²) in [5, 5.41) is 14.6. The molecule has 10 heteroatoms. The van der Waals surface area contributed by atoms with Gasteiger partial charge in [-0.2, -0.15) is 0 Å². The fourth-order valence-electron chi connectivity index (χ4n) is 6.05. The molecule has 1 unspecified atom stereocenters. The van der Waals surface area contributed by atoms with Crippen LogP contribution in [-0.4, -0.2) is 54.5 Å². The molecule has 1 heterocycles. The van der Waals surface area contributed by atoms with Crippen LogP contribution in [0.25, 0.3) is 0 Å². The van der Waals surface area contributed by atoms with Gasteiger partial charge in [0.2, 0.25) is 0 Å². The van der Waals surface area contributed by atoms with Crippen LogP contribution in [0, 0.1) is 10.1 Å². The maximum absolute atomic E-state index is 14.0. The van der Waals surface area contributed by atoms with Gasteiger partial charge in [-0.25, -0.2) is 9.59 Å². The first-order valence-corrected chi connectivity index (χ1v) is 14.7. The van der Waals surface area contributed by atoms with Crippen LogP contribution in [0.4, 0.5) is 5.69 Å². The lowest BCUT2D eigenvalue weighted by Gasteiger charge is -2.34. The summed E-state index contributed by atoms with van der Waals surface area (Å²) in [6.07, 6.45) is 0.816. The van der Waals surface area contributed by atoms with Gasteiger partial charge < -0.3 is 19.7 Å². The van der Waals surface area contributed by atoms with Gasteiger partial charge in [0, 0.05) is 36.0 Å². The number of rotatable bonds is 12. The number of dihydropyridines is 1. The molecule has 244 valence electrons. The molecule has 1 aliphatic heterocycles. The van der Waals surface area contributed by atoms with Crippen molar-refractivity contribution in [1.82, 2.24) is 10.2 Å². The summed E-state index contributed by atoms with van der Waals surface area (Å²) in [5.41, 5.74) is 1.85. The number of esters is 2. The van der Waals surface area contributed by atoms with Crippen LogP contribution in [0.1, 0.15) is 66.8 Å². The average molecular weight is 652 g/mol. The fourth-order valence-corrected chi connectivity index (χ4v) is 6.05. The Morgan fingerprint density at radius 3 is 2.07 bits per heavy atom. The van der Waals surface area contributed by atoms with Gasteiger partial charge in [0.05, 0.1) is 33.1 Å². The Morgan fingerprint density at radius 2 is 1.52 bits per heavy atom. The van der Waals surface area contributed by atoms with Gasteiger partial charge in [0.1, 0.15) is 5.60 Å². The zero-order chi connectivity index (χ0) is 35.2. The molecule has 1 aliphatic rings. The molecule has 0 aromatic heterocycles. The van der Waals surface area contributed by atoms with Crippen LogP contribution in [0.15, 0.2) is 107 Å². The quantitative estimate of drug-likeness (QED) is 0.0975. The Bertz CT molecular complexity index is 1670. The number of nitrogens with one attached hydrogen (secondary N) is 1. The molecule has 9 nitrogen and oxygen atoms in total. The predicted molar refractivity (Wildman–Crippen MR) is 181 cm³/mol. The highest BCUT2D eigenvalue weighted by Gasteiger charge is 2.40. The number of nitro benzene ring substituents is 1. The van der Waals surface area contributed by atoms with Gasteiger partial charge in [0.25, 0.3) is 5.69 Å². The van der Waals surface area contributed by atoms with Crippen LogP contribution < -0.4 is 5.32 Å². The second kappa shape index (κ2) is 15.7. The molecule has 1 atom stereocenters. The number of allylic oxidation sites excluding steroid dienone is 2. The summed E-state index contributed by atoms with van der Waals surface area (Å²) in [5.74, 6) is -2.97. The van der Waals surface area contributed by atoms with E-state index in [1.54, 1.807) is 27.7 Å². The van der Waals surface area contributed by atoms with Crippen molar-refractivity contribution in [2.24, 2.45) is 0 Å². The molecular formula is C36H42ClN3O6. The number of ether oxygens (including phenoxy) is 2. The summed E-state index contributed by atoms with van der Waals surface area (Å²) < 4.78 is 33.3. The third-order valence-electron chi connectivity index (χ3n) is 7.93. The van der Waals surface area contributed by atoms with E-state index in [1.165, 1.54) is 35.4 Å². The number of methoxy groups -OCH3 is 1. The molecule has 0 amide bonds. The number of nitro groups is 1. The molecular weight excluding hydrogens is 607 g/mol. The first-order chi connectivity index (χ1) is 22.6. The van der Waals surface area contributed by atoms with Crippen molar-refractivity contribution < 1.29 is 28.1 Å². The van der Waals surface area contributed by atoms with Crippen molar-refractivity contribution in [3.8, 4) is 0 Å². The number of benzene rings is 3. The lowest BCUT2D eigenvalue weighted by atomic mass is 9.80. The van der Waals surface area contributed by atoms with Crippen LogP contribution in [0.2, 0.25) is 0 Å². The highest BCUT2D eigenvalue weighted by Crippen LogP contribution is 2.40. The summed E-state index contributed by atoms with van der Waals surface area (Å²) in [6, 6.07) is 26.1. The van der Waals surface area contributed by atoms with Crippen molar-refractivity contribution in [3.05, 3.63) is 134 Å². The van der Waals surface area contributed by atoms with Crippen molar-refractivity contribution in [2.75, 3.05) is 27.2 Å². The van der Waals surface area contributed by atoms with Crippen molar-refractivity contribution in [3.63, 3.8) is 0 Å². The smallest absolute Gasteiger partial charge is 0.337 e. The summed E-state index contributed by atoms with van der Waals surface area (Å²) in [7, 11) is -1.10. The Kier molecular flexibility index (Phi) is 10.7. The molecule has 0 bridgehead atoms. The van der Waals surface area contributed by atoms with Crippen LogP contribution in [-0.2, 0) is 19.1 Å². The lowest BCUT2D eigenvalue weighted by Crippen LogP contribution is -2.42. The molecule has 4 rings (SSSR count). The van der Waals surface area contributed by atoms with Crippen LogP contribution >= 0.6 is 12.4 Å². The topological polar surface area (TPSA) is 111 Å². The van der Waals surface area contributed by atoms with Gasteiger partial charge in [0.15, 0.2) is 0 Å². The second-order valence-corrected chi connectivity index (χ2v) is 11.9. The van der Waals surface area contributed by atoms with E-state index in [-0.39, 0.29) is 46.4 Å². The fraction of sp³-hybridized carbons (Fsp3) is 0.333. The van der Waals surface area contributed by atoms with Crippen LogP contribution in [0.5, 0.6) is 0 Å². The Hall–Kier alpha value is -4.47. The molecule has 0 radical (unpaired) electrons. The van der Waals surface area contributed by atoms with E-state index in [1.807, 2.05) is 43.4 Å². The number of halogens is 1. The number of hydrogen-bond acceptors (Lipinski definition) is 8. The SMILES string of the molecule is Cl.[2H][13C]([2H])([2H])OC(=O)C1=C(C)NC(C)=C(C(=O)OC(C)(C)CN(C)CCC(c2ccccc2)c2ccccc2)C1c1cccc([N+](=O)[O-])c1. The molecule has 0 saturated carbocycles. The highest BCUT2D eigenvalue weighted by molar-refractivity contribution is 6.00. The standard InChI is InChI=1S/C36H41N3O6.ClH/c1-24-31(34(40)44-6)33(28-18-13-19-29(22-28)39(42)43)32(25(2)37-24)35(41)45-36(3,4)23-38(5)21-20-30(26-14-9-7-10-15-26)27-16-11-8-12-17-27;/h7-19,22,30,33,37H,20-21,23H2,1-6H3;1H/i6+1D3;. The second-order valence-electron chi connectivity index (χ2n) is 11.9. The number of hydrogen-bond donors (Lipinski definition) is 1. The normalized spacial score (nSPS) is 16.2. The first-order valence-electron chi connectivity index (χ1n) is 16.2. The zero-order valence-corrected chi connectivity index (χ0v) is 27.4. The molecule has 3 aromatic carbocycles. The van der Waals surface area contributed by atoms with Gasteiger partial charge >= 0.3 is 11.9 Å². The van der Waals surface area contributed by atoms with Crippen LogP contribution in [0.3, 0.4) is 0 Å². The largest absolute Gasteiger partial charge is 0.466 e. The van der Waals surface area contributed by atoms with Crippen molar-refractivity contribution >= 4 is 30.0 Å². The number of likely N-dealkylation sites (N-methyl/N-ethyl adjacent to an activating group) is 1. The molecule has 3 aromatic rings. The summed E-state index contributed by atoms with van der Waals surface area (Å²) >= 11 is 0. The highest BCUT2D eigenvalue weighted by atomic mass is 35.5. The number of non-ortho nitro benzene ring substituents is 1. The van der Waals surface area contributed by atoms with E-state index in [4.69, 9.17) is 13.6 Å². The average Bonchev–Trinajstić information content (AvgIpc) is 3.00. The number of nitrogens with zero attached hydrogens (tertiary/aromatic N) is 2. The lowest BCUT2D eigenvalue weighted by molar-refractivity contribution is -0.384. The van der Waals surface area contributed by atoms with Gasteiger partial charge in [-0.3, -0.25) is 10.1 Å². The Labute approximate surface area is 281 Å². The first kappa shape index (κ1) is 31.5. The van der Waals surface area contributed by atoms with Gasteiger partial charge in [-0.1, -0.05) is 72.8 Å². The minimum absolute atomic E-state index is 0. The van der Waals surface area contributed by atoms with Gasteiger partial charge in [-0.05, 0) is 64.4 Å². The summed E-state index contributed by atoms with van der Waals surface area (Å²) in [4.78, 5) is 40.5. The molecule has 46 heavy (non-hydrogen) atoms. The predicted octanol–water partition coefficient (Wildman–Crippen LogP) is 6.90. The molecule has 0 spiro atoms. The maximum Gasteiger partial charge on any atom is 0.337 e. The molecule has 0 fully saturated rings. The zero-order valence-electron chi connectivity index (χ0n) is 29.6. The third-order valence-corrected chi connectivity index (χ3v) is 7.93. The molecule has 0 saturated heterocycles. The molecule has 1 N–H and O–H groups in total. The Morgan fingerprint density at radius 1 is 0.957 bits per heavy atom. The van der Waals surface area contributed by atoms with E-state index in [2.05, 4.69) is 34.5 Å². The van der Waals surface area contributed by atoms with E-state index < -0.39 is 35.4 Å². The monoisotopic (exact) mass is 651 g/mol. The third kappa shape index (κ3) is 8.62. The maximum atomic E-state index is 14.0. The summed E-state index contributed by atoms with van der Waals surface area (Å²) in [6.45, 7) is 7.81.